The van der Waals surface area contributed by atoms with Gasteiger partial charge in [-0.2, -0.15) is 0 Å². The van der Waals surface area contributed by atoms with Crippen molar-refractivity contribution in [2.24, 2.45) is 0 Å². The van der Waals surface area contributed by atoms with Crippen LogP contribution in [0, 0.1) is 12.7 Å². The van der Waals surface area contributed by atoms with E-state index in [0.717, 1.165) is 50.0 Å². The largest absolute Gasteiger partial charge is 0.508 e. The molecular formula is C22H25FN2O. The number of phenols is 1. The van der Waals surface area contributed by atoms with Gasteiger partial charge in [-0.15, -0.1) is 0 Å². The van der Waals surface area contributed by atoms with Crippen LogP contribution in [0.4, 0.5) is 4.39 Å². The van der Waals surface area contributed by atoms with Gasteiger partial charge in [0.05, 0.1) is 5.52 Å². The lowest BCUT2D eigenvalue weighted by Gasteiger charge is -2.33. The van der Waals surface area contributed by atoms with Crippen LogP contribution in [0.3, 0.4) is 0 Å². The number of likely N-dealkylation sites (tertiary alicyclic amines) is 1. The third-order valence-electron chi connectivity index (χ3n) is 5.62. The third kappa shape index (κ3) is 3.34. The first kappa shape index (κ1) is 17.1. The van der Waals surface area contributed by atoms with Crippen molar-refractivity contribution >= 4 is 10.9 Å². The molecule has 3 nitrogen and oxygen atoms in total. The minimum Gasteiger partial charge on any atom is -0.508 e. The highest BCUT2D eigenvalue weighted by molar-refractivity contribution is 5.85. The highest BCUT2D eigenvalue weighted by Crippen LogP contribution is 2.31. The molecule has 1 aromatic heterocycles. The lowest BCUT2D eigenvalue weighted by atomic mass is 10.0. The summed E-state index contributed by atoms with van der Waals surface area (Å²) in [6.07, 6.45) is 5.13. The predicted molar refractivity (Wildman–Crippen MR) is 103 cm³/mol. The predicted octanol–water partition coefficient (Wildman–Crippen LogP) is 4.67. The molecule has 1 aliphatic rings. The van der Waals surface area contributed by atoms with Gasteiger partial charge < -0.3 is 14.6 Å². The van der Waals surface area contributed by atoms with Crippen LogP contribution in [0.2, 0.25) is 0 Å². The summed E-state index contributed by atoms with van der Waals surface area (Å²) in [5, 5.41) is 11.1. The van der Waals surface area contributed by atoms with Crippen LogP contribution in [0.15, 0.2) is 48.7 Å². The molecule has 1 fully saturated rings. The normalized spacial score (nSPS) is 16.4. The van der Waals surface area contributed by atoms with E-state index >= 15 is 0 Å². The lowest BCUT2D eigenvalue weighted by molar-refractivity contribution is 0.190. The van der Waals surface area contributed by atoms with Crippen molar-refractivity contribution in [2.75, 3.05) is 19.6 Å². The maximum absolute atomic E-state index is 13.8. The molecule has 0 amide bonds. The number of halogens is 1. The first-order valence-corrected chi connectivity index (χ1v) is 9.38. The number of aromatic nitrogens is 1. The molecular weight excluding hydrogens is 327 g/mol. The molecule has 0 spiro atoms. The van der Waals surface area contributed by atoms with Crippen LogP contribution in [-0.4, -0.2) is 34.2 Å². The molecule has 3 aromatic rings. The monoisotopic (exact) mass is 352 g/mol. The number of hydrogen-bond acceptors (Lipinski definition) is 2. The van der Waals surface area contributed by atoms with Gasteiger partial charge in [0.25, 0.3) is 0 Å². The van der Waals surface area contributed by atoms with Gasteiger partial charge in [-0.05, 0) is 55.5 Å². The van der Waals surface area contributed by atoms with Gasteiger partial charge in [0.15, 0.2) is 0 Å². The van der Waals surface area contributed by atoms with E-state index in [1.54, 1.807) is 12.1 Å². The smallest absolute Gasteiger partial charge is 0.126 e. The number of aryl methyl sites for hydroxylation is 1. The van der Waals surface area contributed by atoms with Crippen LogP contribution < -0.4 is 0 Å². The zero-order chi connectivity index (χ0) is 18.1. The van der Waals surface area contributed by atoms with E-state index in [0.29, 0.717) is 11.8 Å². The molecule has 1 aliphatic heterocycles. The van der Waals surface area contributed by atoms with E-state index in [1.807, 2.05) is 24.3 Å². The number of nitrogens with zero attached hydrogens (tertiary/aromatic N) is 2. The quantitative estimate of drug-likeness (QED) is 0.739. The van der Waals surface area contributed by atoms with Crippen molar-refractivity contribution in [3.63, 3.8) is 0 Å². The Bertz CT molecular complexity index is 910. The van der Waals surface area contributed by atoms with Crippen LogP contribution >= 0.6 is 0 Å². The molecule has 136 valence electrons. The van der Waals surface area contributed by atoms with E-state index in [1.165, 1.54) is 17.0 Å². The Balaban J connectivity index is 1.41. The van der Waals surface area contributed by atoms with Crippen molar-refractivity contribution < 1.29 is 9.50 Å². The summed E-state index contributed by atoms with van der Waals surface area (Å²) < 4.78 is 16.1. The molecule has 0 radical (unpaired) electrons. The molecule has 0 atom stereocenters. The SMILES string of the molecule is Cc1cn(C2CCN(CCc3ccccc3F)CC2)c2cc(O)ccc12. The van der Waals surface area contributed by atoms with Crippen molar-refractivity contribution in [3.8, 4) is 5.75 Å². The Kier molecular flexibility index (Phi) is 4.68. The second-order valence-electron chi connectivity index (χ2n) is 7.34. The minimum atomic E-state index is -0.100. The first-order valence-electron chi connectivity index (χ1n) is 9.38. The van der Waals surface area contributed by atoms with Crippen molar-refractivity contribution in [1.82, 2.24) is 9.47 Å². The summed E-state index contributed by atoms with van der Waals surface area (Å²) in [6.45, 7) is 5.08. The number of piperidine rings is 1. The van der Waals surface area contributed by atoms with Crippen LogP contribution in [-0.2, 0) is 6.42 Å². The van der Waals surface area contributed by atoms with Gasteiger partial charge >= 0.3 is 0 Å². The van der Waals surface area contributed by atoms with Gasteiger partial charge in [0, 0.05) is 43.3 Å². The average molecular weight is 352 g/mol. The fraction of sp³-hybridized carbons (Fsp3) is 0.364. The molecule has 2 aromatic carbocycles. The zero-order valence-electron chi connectivity index (χ0n) is 15.2. The molecule has 4 rings (SSSR count). The van der Waals surface area contributed by atoms with E-state index in [9.17, 15) is 9.50 Å². The molecule has 1 saturated heterocycles. The molecule has 0 saturated carbocycles. The summed E-state index contributed by atoms with van der Waals surface area (Å²) in [7, 11) is 0. The van der Waals surface area contributed by atoms with Gasteiger partial charge in [0.2, 0.25) is 0 Å². The van der Waals surface area contributed by atoms with E-state index in [-0.39, 0.29) is 5.82 Å². The van der Waals surface area contributed by atoms with Gasteiger partial charge in [0.1, 0.15) is 11.6 Å². The van der Waals surface area contributed by atoms with Crippen molar-refractivity contribution in [1.29, 1.82) is 0 Å². The number of fused-ring (bicyclic) bond motifs is 1. The number of benzene rings is 2. The number of hydrogen-bond donors (Lipinski definition) is 1. The van der Waals surface area contributed by atoms with Gasteiger partial charge in [-0.25, -0.2) is 4.39 Å². The summed E-state index contributed by atoms with van der Waals surface area (Å²) in [6, 6.07) is 13.1. The molecule has 26 heavy (non-hydrogen) atoms. The van der Waals surface area contributed by atoms with E-state index in [2.05, 4.69) is 22.6 Å². The molecule has 0 bridgehead atoms. The fourth-order valence-electron chi connectivity index (χ4n) is 4.12. The maximum atomic E-state index is 13.8. The maximum Gasteiger partial charge on any atom is 0.126 e. The van der Waals surface area contributed by atoms with E-state index in [4.69, 9.17) is 0 Å². The molecule has 0 aliphatic carbocycles. The minimum absolute atomic E-state index is 0.100. The second kappa shape index (κ2) is 7.12. The van der Waals surface area contributed by atoms with Crippen molar-refractivity contribution in [3.05, 3.63) is 65.6 Å². The zero-order valence-corrected chi connectivity index (χ0v) is 15.2. The van der Waals surface area contributed by atoms with Gasteiger partial charge in [-0.1, -0.05) is 18.2 Å². The number of aromatic hydroxyl groups is 1. The lowest BCUT2D eigenvalue weighted by Crippen LogP contribution is -2.35. The van der Waals surface area contributed by atoms with Crippen LogP contribution in [0.5, 0.6) is 5.75 Å². The Morgan fingerprint density at radius 1 is 1.12 bits per heavy atom. The summed E-state index contributed by atoms with van der Waals surface area (Å²) in [4.78, 5) is 2.43. The average Bonchev–Trinajstić information content (AvgIpc) is 2.97. The van der Waals surface area contributed by atoms with Gasteiger partial charge in [-0.3, -0.25) is 0 Å². The second-order valence-corrected chi connectivity index (χ2v) is 7.34. The summed E-state index contributed by atoms with van der Waals surface area (Å²) in [5.74, 6) is 0.218. The topological polar surface area (TPSA) is 28.4 Å². The number of phenolic OH excluding ortho intramolecular Hbond substituents is 1. The Morgan fingerprint density at radius 2 is 1.88 bits per heavy atom. The Hall–Kier alpha value is -2.33. The summed E-state index contributed by atoms with van der Waals surface area (Å²) >= 11 is 0. The molecule has 4 heteroatoms. The van der Waals surface area contributed by atoms with Crippen LogP contribution in [0.1, 0.15) is 30.0 Å². The molecule has 2 heterocycles. The molecule has 1 N–H and O–H groups in total. The first-order chi connectivity index (χ1) is 12.6. The van der Waals surface area contributed by atoms with Crippen LogP contribution in [0.25, 0.3) is 10.9 Å². The highest BCUT2D eigenvalue weighted by atomic mass is 19.1. The Morgan fingerprint density at radius 3 is 2.65 bits per heavy atom. The third-order valence-corrected chi connectivity index (χ3v) is 5.62. The molecule has 0 unspecified atom stereocenters. The highest BCUT2D eigenvalue weighted by Gasteiger charge is 2.22. The van der Waals surface area contributed by atoms with Crippen molar-refractivity contribution in [2.45, 2.75) is 32.2 Å². The summed E-state index contributed by atoms with van der Waals surface area (Å²) in [5.41, 5.74) is 3.17. The number of rotatable bonds is 4. The standard InChI is InChI=1S/C22H25FN2O/c1-16-15-25(22-14-19(26)6-7-20(16)22)18-9-12-24(13-10-18)11-8-17-4-2-3-5-21(17)23/h2-7,14-15,18,26H,8-13H2,1H3. The van der Waals surface area contributed by atoms with E-state index < -0.39 is 0 Å². The Labute approximate surface area is 153 Å². The fourth-order valence-corrected chi connectivity index (χ4v) is 4.12.